The first kappa shape index (κ1) is 17.4. The summed E-state index contributed by atoms with van der Waals surface area (Å²) in [6.07, 6.45) is 5.54. The fourth-order valence-corrected chi connectivity index (χ4v) is 0.500. The first-order valence-corrected chi connectivity index (χ1v) is 4.41. The third kappa shape index (κ3) is 119. The number of rotatable bonds is 3. The minimum atomic E-state index is 0.167. The topological polar surface area (TPSA) is 34.1 Å². The molecule has 0 aromatic heterocycles. The van der Waals surface area contributed by atoms with Gasteiger partial charge in [-0.25, -0.2) is 0 Å². The maximum atomic E-state index is 9.44. The number of carbonyl (C=O) groups is 2. The highest BCUT2D eigenvalue weighted by atomic mass is 16.1. The minimum Gasteiger partial charge on any atom is -0.307 e. The molecule has 0 aliphatic rings. The number of hydrogen-bond donors (Lipinski definition) is 0. The van der Waals surface area contributed by atoms with Gasteiger partial charge in [-0.3, -0.25) is 0 Å². The highest BCUT2D eigenvalue weighted by Gasteiger charge is 1.75. The van der Waals surface area contributed by atoms with E-state index in [1.165, 1.54) is 39.5 Å². The van der Waals surface area contributed by atoms with E-state index in [0.717, 1.165) is 0 Å². The lowest BCUT2D eigenvalue weighted by atomic mass is 10.2. The predicted octanol–water partition coefficient (Wildman–Crippen LogP) is 3.00. The SMILES string of the molecule is C=O.CC(C)=O.CCCCCC. The summed E-state index contributed by atoms with van der Waals surface area (Å²) in [6.45, 7) is 9.52. The lowest BCUT2D eigenvalue weighted by molar-refractivity contribution is -0.115. The van der Waals surface area contributed by atoms with Crippen molar-refractivity contribution in [2.75, 3.05) is 0 Å². The number of unbranched alkanes of at least 4 members (excludes halogenated alkanes) is 3. The van der Waals surface area contributed by atoms with Gasteiger partial charge in [0.05, 0.1) is 0 Å². The van der Waals surface area contributed by atoms with E-state index in [4.69, 9.17) is 4.79 Å². The Morgan fingerprint density at radius 1 is 1.00 bits per heavy atom. The maximum absolute atomic E-state index is 9.44. The standard InChI is InChI=1S/C6H14.C3H6O.CH2O/c1-3-5-6-4-2;1-3(2)4;1-2/h3-6H2,1-2H3;1-2H3;1H2. The molecule has 74 valence electrons. The van der Waals surface area contributed by atoms with Crippen LogP contribution in [0, 0.1) is 0 Å². The van der Waals surface area contributed by atoms with Crippen LogP contribution in [0.25, 0.3) is 0 Å². The molecule has 0 spiro atoms. The Labute approximate surface area is 76.4 Å². The van der Waals surface area contributed by atoms with Crippen LogP contribution in [0.3, 0.4) is 0 Å². The molecule has 0 aliphatic carbocycles. The van der Waals surface area contributed by atoms with Crippen LogP contribution < -0.4 is 0 Å². The van der Waals surface area contributed by atoms with Crippen molar-refractivity contribution in [3.8, 4) is 0 Å². The van der Waals surface area contributed by atoms with E-state index in [0.29, 0.717) is 0 Å². The molecule has 0 saturated heterocycles. The van der Waals surface area contributed by atoms with Crippen molar-refractivity contribution in [3.63, 3.8) is 0 Å². The lowest BCUT2D eigenvalue weighted by Crippen LogP contribution is -1.69. The first-order valence-electron chi connectivity index (χ1n) is 4.41. The monoisotopic (exact) mass is 174 g/mol. The summed E-state index contributed by atoms with van der Waals surface area (Å²) >= 11 is 0. The molecule has 12 heavy (non-hydrogen) atoms. The Balaban J connectivity index is -0.000000118. The fourth-order valence-electron chi connectivity index (χ4n) is 0.500. The van der Waals surface area contributed by atoms with Crippen molar-refractivity contribution in [1.82, 2.24) is 0 Å². The van der Waals surface area contributed by atoms with E-state index in [2.05, 4.69) is 13.8 Å². The molecule has 0 aromatic carbocycles. The van der Waals surface area contributed by atoms with Gasteiger partial charge in [-0.2, -0.15) is 0 Å². The lowest BCUT2D eigenvalue weighted by Gasteiger charge is -1.86. The summed E-state index contributed by atoms with van der Waals surface area (Å²) in [6, 6.07) is 0. The predicted molar refractivity (Wildman–Crippen MR) is 53.3 cm³/mol. The van der Waals surface area contributed by atoms with Crippen LogP contribution >= 0.6 is 0 Å². The molecule has 0 N–H and O–H groups in total. The summed E-state index contributed by atoms with van der Waals surface area (Å²) in [5, 5.41) is 0. The van der Waals surface area contributed by atoms with E-state index in [1.807, 2.05) is 6.79 Å². The third-order valence-corrected chi connectivity index (χ3v) is 0.957. The van der Waals surface area contributed by atoms with Gasteiger partial charge in [-0.1, -0.05) is 39.5 Å². The molecule has 0 heterocycles. The Hall–Kier alpha value is -0.660. The quantitative estimate of drug-likeness (QED) is 0.616. The minimum absolute atomic E-state index is 0.167. The average molecular weight is 174 g/mol. The van der Waals surface area contributed by atoms with Gasteiger partial charge in [0.2, 0.25) is 0 Å². The molecular weight excluding hydrogens is 152 g/mol. The Kier molecular flexibility index (Phi) is 32.6. The van der Waals surface area contributed by atoms with E-state index < -0.39 is 0 Å². The van der Waals surface area contributed by atoms with Crippen LogP contribution in [-0.4, -0.2) is 12.6 Å². The highest BCUT2D eigenvalue weighted by molar-refractivity contribution is 5.72. The second kappa shape index (κ2) is 22.4. The van der Waals surface area contributed by atoms with E-state index in [-0.39, 0.29) is 5.78 Å². The second-order valence-electron chi connectivity index (χ2n) is 2.62. The van der Waals surface area contributed by atoms with Crippen LogP contribution in [0.1, 0.15) is 53.4 Å². The van der Waals surface area contributed by atoms with Crippen LogP contribution in [0.4, 0.5) is 0 Å². The molecule has 0 fully saturated rings. The van der Waals surface area contributed by atoms with Crippen molar-refractivity contribution < 1.29 is 9.59 Å². The molecule has 0 aromatic rings. The molecule has 2 heteroatoms. The van der Waals surface area contributed by atoms with Crippen molar-refractivity contribution in [3.05, 3.63) is 0 Å². The van der Waals surface area contributed by atoms with Crippen LogP contribution in [0.15, 0.2) is 0 Å². The summed E-state index contributed by atoms with van der Waals surface area (Å²) in [5.74, 6) is 0.167. The van der Waals surface area contributed by atoms with Crippen LogP contribution in [0.5, 0.6) is 0 Å². The molecule has 0 amide bonds. The number of Topliss-reactive ketones (excluding diaryl/α,β-unsaturated/α-hetero) is 1. The molecule has 2 nitrogen and oxygen atoms in total. The van der Waals surface area contributed by atoms with Gasteiger partial charge >= 0.3 is 0 Å². The maximum Gasteiger partial charge on any atom is 0.126 e. The fraction of sp³-hybridized carbons (Fsp3) is 0.800. The normalized spacial score (nSPS) is 7.00. The van der Waals surface area contributed by atoms with Gasteiger partial charge in [-0.15, -0.1) is 0 Å². The largest absolute Gasteiger partial charge is 0.307 e. The molecule has 0 unspecified atom stereocenters. The molecule has 0 bridgehead atoms. The Morgan fingerprint density at radius 2 is 1.17 bits per heavy atom. The number of ketones is 1. The smallest absolute Gasteiger partial charge is 0.126 e. The van der Waals surface area contributed by atoms with Crippen molar-refractivity contribution in [2.45, 2.75) is 53.4 Å². The number of carbonyl (C=O) groups excluding carboxylic acids is 2. The van der Waals surface area contributed by atoms with Gasteiger partial charge in [0.15, 0.2) is 0 Å². The van der Waals surface area contributed by atoms with Crippen molar-refractivity contribution in [1.29, 1.82) is 0 Å². The summed E-state index contributed by atoms with van der Waals surface area (Å²) in [4.78, 5) is 17.4. The second-order valence-corrected chi connectivity index (χ2v) is 2.62. The Bertz CT molecular complexity index is 71.9. The van der Waals surface area contributed by atoms with Crippen LogP contribution in [0.2, 0.25) is 0 Å². The van der Waals surface area contributed by atoms with Gasteiger partial charge in [0.1, 0.15) is 12.6 Å². The van der Waals surface area contributed by atoms with Crippen molar-refractivity contribution in [2.24, 2.45) is 0 Å². The van der Waals surface area contributed by atoms with E-state index in [9.17, 15) is 4.79 Å². The molecular formula is C10H22O2. The average Bonchev–Trinajstić information content (AvgIpc) is 2.04. The van der Waals surface area contributed by atoms with Crippen molar-refractivity contribution >= 4 is 12.6 Å². The van der Waals surface area contributed by atoms with Gasteiger partial charge in [0.25, 0.3) is 0 Å². The summed E-state index contributed by atoms with van der Waals surface area (Å²) < 4.78 is 0. The zero-order valence-corrected chi connectivity index (χ0v) is 8.85. The summed E-state index contributed by atoms with van der Waals surface area (Å²) in [5.41, 5.74) is 0. The zero-order valence-electron chi connectivity index (χ0n) is 8.85. The zero-order chi connectivity index (χ0) is 10.4. The van der Waals surface area contributed by atoms with E-state index in [1.54, 1.807) is 0 Å². The number of hydrogen-bond acceptors (Lipinski definition) is 2. The molecule has 0 rings (SSSR count). The molecule has 0 aliphatic heterocycles. The van der Waals surface area contributed by atoms with Gasteiger partial charge in [-0.05, 0) is 13.8 Å². The highest BCUT2D eigenvalue weighted by Crippen LogP contribution is 1.95. The summed E-state index contributed by atoms with van der Waals surface area (Å²) in [7, 11) is 0. The molecule has 0 radical (unpaired) electrons. The van der Waals surface area contributed by atoms with Crippen LogP contribution in [-0.2, 0) is 9.59 Å². The molecule has 0 atom stereocenters. The molecule has 0 saturated carbocycles. The Morgan fingerprint density at radius 3 is 1.25 bits per heavy atom. The first-order chi connectivity index (χ1) is 5.65. The van der Waals surface area contributed by atoms with E-state index >= 15 is 0 Å². The van der Waals surface area contributed by atoms with Gasteiger partial charge in [0, 0.05) is 0 Å². The third-order valence-electron chi connectivity index (χ3n) is 0.957. The van der Waals surface area contributed by atoms with Gasteiger partial charge < -0.3 is 9.59 Å².